The summed E-state index contributed by atoms with van der Waals surface area (Å²) in [6.07, 6.45) is 0. The Kier molecular flexibility index (Phi) is 7.09. The lowest BCUT2D eigenvalue weighted by Crippen LogP contribution is -2.33. The van der Waals surface area contributed by atoms with E-state index in [1.54, 1.807) is 14.2 Å². The van der Waals surface area contributed by atoms with Crippen molar-refractivity contribution in [2.45, 2.75) is 19.5 Å². The first-order valence-electron chi connectivity index (χ1n) is 8.35. The molecule has 130 valence electrons. The van der Waals surface area contributed by atoms with E-state index in [2.05, 4.69) is 54.5 Å². The minimum atomic E-state index is 0.175. The van der Waals surface area contributed by atoms with Crippen LogP contribution < -0.4 is 14.8 Å². The zero-order valence-corrected chi connectivity index (χ0v) is 15.1. The number of hydrogen-bond acceptors (Lipinski definition) is 4. The lowest BCUT2D eigenvalue weighted by atomic mass is 10.0. The molecule has 1 unspecified atom stereocenters. The molecular weight excluding hydrogens is 300 g/mol. The third-order valence-corrected chi connectivity index (χ3v) is 4.05. The van der Waals surface area contributed by atoms with E-state index < -0.39 is 0 Å². The highest BCUT2D eigenvalue weighted by Gasteiger charge is 2.18. The summed E-state index contributed by atoms with van der Waals surface area (Å²) in [5, 5.41) is 3.56. The first kappa shape index (κ1) is 18.3. The second-order valence-corrected chi connectivity index (χ2v) is 5.90. The minimum Gasteiger partial charge on any atom is -0.497 e. The van der Waals surface area contributed by atoms with E-state index in [1.807, 2.05) is 18.2 Å². The Morgan fingerprint density at radius 3 is 2.42 bits per heavy atom. The van der Waals surface area contributed by atoms with Gasteiger partial charge >= 0.3 is 0 Å². The molecule has 2 aromatic carbocycles. The average Bonchev–Trinajstić information content (AvgIpc) is 2.61. The largest absolute Gasteiger partial charge is 0.497 e. The van der Waals surface area contributed by atoms with Crippen molar-refractivity contribution in [2.24, 2.45) is 0 Å². The molecule has 0 spiro atoms. The van der Waals surface area contributed by atoms with E-state index in [1.165, 1.54) is 5.56 Å². The van der Waals surface area contributed by atoms with Gasteiger partial charge in [-0.1, -0.05) is 37.3 Å². The fraction of sp³-hybridized carbons (Fsp3) is 0.400. The molecule has 4 nitrogen and oxygen atoms in total. The van der Waals surface area contributed by atoms with Crippen LogP contribution in [0.25, 0.3) is 0 Å². The summed E-state index contributed by atoms with van der Waals surface area (Å²) in [6, 6.07) is 16.7. The van der Waals surface area contributed by atoms with Crippen LogP contribution in [0.4, 0.5) is 0 Å². The third-order valence-electron chi connectivity index (χ3n) is 4.05. The molecule has 0 aliphatic heterocycles. The first-order valence-corrected chi connectivity index (χ1v) is 8.35. The number of likely N-dealkylation sites (N-methyl/N-ethyl adjacent to an activating group) is 2. The molecule has 2 rings (SSSR count). The molecule has 0 heterocycles. The molecule has 1 N–H and O–H groups in total. The van der Waals surface area contributed by atoms with E-state index >= 15 is 0 Å². The van der Waals surface area contributed by atoms with Crippen molar-refractivity contribution >= 4 is 0 Å². The molecule has 0 aliphatic carbocycles. The van der Waals surface area contributed by atoms with Crippen LogP contribution in [0.1, 0.15) is 24.1 Å². The lowest BCUT2D eigenvalue weighted by molar-refractivity contribution is 0.280. The topological polar surface area (TPSA) is 33.7 Å². The van der Waals surface area contributed by atoms with Crippen LogP contribution in [-0.2, 0) is 6.54 Å². The maximum Gasteiger partial charge on any atom is 0.123 e. The second-order valence-electron chi connectivity index (χ2n) is 5.90. The standard InChI is InChI=1S/C20H28N2O2/c1-5-21-19(15-22(2)14-16-9-7-6-8-10-16)18-13-17(23-3)11-12-20(18)24-4/h6-13,19,21H,5,14-15H2,1-4H3. The van der Waals surface area contributed by atoms with Crippen LogP contribution in [0.15, 0.2) is 48.5 Å². The Balaban J connectivity index is 2.16. The molecule has 0 aromatic heterocycles. The highest BCUT2D eigenvalue weighted by Crippen LogP contribution is 2.30. The molecule has 0 bridgehead atoms. The van der Waals surface area contributed by atoms with Crippen LogP contribution >= 0.6 is 0 Å². The van der Waals surface area contributed by atoms with Gasteiger partial charge in [-0.25, -0.2) is 0 Å². The zero-order chi connectivity index (χ0) is 17.4. The predicted molar refractivity (Wildman–Crippen MR) is 98.7 cm³/mol. The van der Waals surface area contributed by atoms with Gasteiger partial charge in [0.25, 0.3) is 0 Å². The van der Waals surface area contributed by atoms with Gasteiger partial charge in [-0.15, -0.1) is 0 Å². The van der Waals surface area contributed by atoms with Crippen molar-refractivity contribution in [1.82, 2.24) is 10.2 Å². The average molecular weight is 328 g/mol. The molecule has 0 radical (unpaired) electrons. The van der Waals surface area contributed by atoms with Gasteiger partial charge < -0.3 is 19.7 Å². The summed E-state index contributed by atoms with van der Waals surface area (Å²) in [5.74, 6) is 1.73. The molecule has 0 aliphatic rings. The van der Waals surface area contributed by atoms with Gasteiger partial charge in [0.05, 0.1) is 14.2 Å². The third kappa shape index (κ3) is 4.98. The van der Waals surface area contributed by atoms with Crippen molar-refractivity contribution in [3.8, 4) is 11.5 Å². The van der Waals surface area contributed by atoms with Crippen molar-refractivity contribution in [3.05, 3.63) is 59.7 Å². The molecule has 4 heteroatoms. The molecule has 0 saturated carbocycles. The van der Waals surface area contributed by atoms with E-state index in [4.69, 9.17) is 9.47 Å². The van der Waals surface area contributed by atoms with Crippen molar-refractivity contribution in [2.75, 3.05) is 34.4 Å². The van der Waals surface area contributed by atoms with Crippen molar-refractivity contribution in [3.63, 3.8) is 0 Å². The van der Waals surface area contributed by atoms with Crippen LogP contribution in [-0.4, -0.2) is 39.3 Å². The Morgan fingerprint density at radius 1 is 1.04 bits per heavy atom. The van der Waals surface area contributed by atoms with Gasteiger partial charge in [0.15, 0.2) is 0 Å². The molecule has 0 amide bonds. The summed E-state index contributed by atoms with van der Waals surface area (Å²) < 4.78 is 10.9. The monoisotopic (exact) mass is 328 g/mol. The number of benzene rings is 2. The Labute approximate surface area is 145 Å². The Bertz CT molecular complexity index is 616. The van der Waals surface area contributed by atoms with E-state index in [-0.39, 0.29) is 6.04 Å². The smallest absolute Gasteiger partial charge is 0.123 e. The van der Waals surface area contributed by atoms with Crippen molar-refractivity contribution in [1.29, 1.82) is 0 Å². The number of rotatable bonds is 9. The summed E-state index contributed by atoms with van der Waals surface area (Å²) in [5.41, 5.74) is 2.44. The quantitative estimate of drug-likeness (QED) is 0.764. The SMILES string of the molecule is CCNC(CN(C)Cc1ccccc1)c1cc(OC)ccc1OC. The van der Waals surface area contributed by atoms with Gasteiger partial charge in [0.1, 0.15) is 11.5 Å². The highest BCUT2D eigenvalue weighted by atomic mass is 16.5. The van der Waals surface area contributed by atoms with Gasteiger partial charge in [0, 0.05) is 24.7 Å². The van der Waals surface area contributed by atoms with Gasteiger partial charge in [-0.2, -0.15) is 0 Å². The van der Waals surface area contributed by atoms with Gasteiger partial charge in [0.2, 0.25) is 0 Å². The zero-order valence-electron chi connectivity index (χ0n) is 15.1. The number of nitrogens with zero attached hydrogens (tertiary/aromatic N) is 1. The summed E-state index contributed by atoms with van der Waals surface area (Å²) in [4.78, 5) is 2.32. The summed E-state index contributed by atoms with van der Waals surface area (Å²) in [6.45, 7) is 4.81. The maximum absolute atomic E-state index is 5.56. The molecule has 1 atom stereocenters. The molecule has 24 heavy (non-hydrogen) atoms. The van der Waals surface area contributed by atoms with Crippen LogP contribution in [0.2, 0.25) is 0 Å². The van der Waals surface area contributed by atoms with Crippen molar-refractivity contribution < 1.29 is 9.47 Å². The first-order chi connectivity index (χ1) is 11.7. The van der Waals surface area contributed by atoms with Gasteiger partial charge in [-0.3, -0.25) is 0 Å². The normalized spacial score (nSPS) is 12.2. The second kappa shape index (κ2) is 9.30. The summed E-state index contributed by atoms with van der Waals surface area (Å²) >= 11 is 0. The fourth-order valence-electron chi connectivity index (χ4n) is 2.90. The van der Waals surface area contributed by atoms with E-state index in [9.17, 15) is 0 Å². The Hall–Kier alpha value is -2.04. The predicted octanol–water partition coefficient (Wildman–Crippen LogP) is 3.49. The molecule has 0 fully saturated rings. The van der Waals surface area contributed by atoms with Gasteiger partial charge in [-0.05, 0) is 37.4 Å². The number of nitrogens with one attached hydrogen (secondary N) is 1. The lowest BCUT2D eigenvalue weighted by Gasteiger charge is -2.26. The number of methoxy groups -OCH3 is 2. The maximum atomic E-state index is 5.56. The van der Waals surface area contributed by atoms with Crippen LogP contribution in [0, 0.1) is 0 Å². The van der Waals surface area contributed by atoms with E-state index in [0.717, 1.165) is 36.7 Å². The molecular formula is C20H28N2O2. The number of hydrogen-bond donors (Lipinski definition) is 1. The number of ether oxygens (including phenoxy) is 2. The minimum absolute atomic E-state index is 0.175. The van der Waals surface area contributed by atoms with Crippen LogP contribution in [0.5, 0.6) is 11.5 Å². The summed E-state index contributed by atoms with van der Waals surface area (Å²) in [7, 11) is 5.54. The van der Waals surface area contributed by atoms with Crippen LogP contribution in [0.3, 0.4) is 0 Å². The van der Waals surface area contributed by atoms with E-state index in [0.29, 0.717) is 0 Å². The highest BCUT2D eigenvalue weighted by molar-refractivity contribution is 5.42. The molecule has 2 aromatic rings. The fourth-order valence-corrected chi connectivity index (χ4v) is 2.90. The molecule has 0 saturated heterocycles. The Morgan fingerprint density at radius 2 is 1.79 bits per heavy atom.